The van der Waals surface area contributed by atoms with Crippen molar-refractivity contribution in [3.05, 3.63) is 59.4 Å². The van der Waals surface area contributed by atoms with Crippen LogP contribution in [0.15, 0.2) is 47.4 Å². The van der Waals surface area contributed by atoms with Gasteiger partial charge in [0.2, 0.25) is 10.0 Å². The summed E-state index contributed by atoms with van der Waals surface area (Å²) in [5, 5.41) is 0. The van der Waals surface area contributed by atoms with Crippen molar-refractivity contribution >= 4 is 21.6 Å². The number of nitrogens with zero attached hydrogens (tertiary/aromatic N) is 1. The Morgan fingerprint density at radius 2 is 1.89 bits per heavy atom. The first-order valence-electron chi connectivity index (χ1n) is 8.51. The molecular formula is C19H21FN2O4S. The molecule has 3 rings (SSSR count). The van der Waals surface area contributed by atoms with Crippen LogP contribution in [-0.4, -0.2) is 40.1 Å². The first-order chi connectivity index (χ1) is 12.8. The fourth-order valence-corrected chi connectivity index (χ4v) is 3.94. The maximum Gasteiger partial charge on any atom is 0.253 e. The molecule has 1 heterocycles. The predicted molar refractivity (Wildman–Crippen MR) is 99.6 cm³/mol. The molecule has 1 unspecified atom stereocenters. The Balaban J connectivity index is 1.67. The van der Waals surface area contributed by atoms with Crippen molar-refractivity contribution in [2.45, 2.75) is 24.8 Å². The number of carbonyl (C=O) groups is 1. The van der Waals surface area contributed by atoms with Gasteiger partial charge in [0.25, 0.3) is 5.91 Å². The maximum absolute atomic E-state index is 13.4. The van der Waals surface area contributed by atoms with E-state index in [2.05, 4.69) is 4.72 Å². The Bertz CT molecular complexity index is 945. The molecule has 1 saturated heterocycles. The van der Waals surface area contributed by atoms with E-state index >= 15 is 0 Å². The fourth-order valence-electron chi connectivity index (χ4n) is 2.79. The van der Waals surface area contributed by atoms with Crippen molar-refractivity contribution in [2.75, 3.05) is 24.6 Å². The number of aryl methyl sites for hydroxylation is 2. The summed E-state index contributed by atoms with van der Waals surface area (Å²) in [6, 6.07) is 11.1. The zero-order chi connectivity index (χ0) is 19.6. The molecule has 0 saturated carbocycles. The lowest BCUT2D eigenvalue weighted by atomic mass is 10.2. The highest BCUT2D eigenvalue weighted by molar-refractivity contribution is 7.89. The SMILES string of the molecule is Cc1ccc(N2CC(CNS(=O)(=O)c3ccc(F)c(C)c3)OCC2=O)cc1. The Morgan fingerprint density at radius 1 is 1.19 bits per heavy atom. The Labute approximate surface area is 158 Å². The smallest absolute Gasteiger partial charge is 0.253 e. The fraction of sp³-hybridized carbons (Fsp3) is 0.316. The topological polar surface area (TPSA) is 75.7 Å². The van der Waals surface area contributed by atoms with Crippen LogP contribution in [0.1, 0.15) is 11.1 Å². The number of nitrogens with one attached hydrogen (secondary N) is 1. The minimum Gasteiger partial charge on any atom is -0.365 e. The van der Waals surface area contributed by atoms with Crippen LogP contribution in [0.4, 0.5) is 10.1 Å². The number of carbonyl (C=O) groups excluding carboxylic acids is 1. The average Bonchev–Trinajstić information content (AvgIpc) is 2.64. The number of hydrogen-bond donors (Lipinski definition) is 1. The molecule has 0 bridgehead atoms. The second-order valence-electron chi connectivity index (χ2n) is 6.54. The Kier molecular flexibility index (Phi) is 5.59. The lowest BCUT2D eigenvalue weighted by Crippen LogP contribution is -2.50. The quantitative estimate of drug-likeness (QED) is 0.846. The van der Waals surface area contributed by atoms with Crippen LogP contribution >= 0.6 is 0 Å². The molecular weight excluding hydrogens is 371 g/mol. The minimum atomic E-state index is -3.80. The Hall–Kier alpha value is -2.29. The number of anilines is 1. The van der Waals surface area contributed by atoms with Crippen LogP contribution in [-0.2, 0) is 19.6 Å². The lowest BCUT2D eigenvalue weighted by molar-refractivity contribution is -0.129. The number of amides is 1. The van der Waals surface area contributed by atoms with Crippen LogP contribution in [0.3, 0.4) is 0 Å². The second-order valence-corrected chi connectivity index (χ2v) is 8.30. The van der Waals surface area contributed by atoms with E-state index < -0.39 is 21.9 Å². The summed E-state index contributed by atoms with van der Waals surface area (Å²) >= 11 is 0. The highest BCUT2D eigenvalue weighted by Gasteiger charge is 2.28. The number of morpholine rings is 1. The van der Waals surface area contributed by atoms with E-state index in [9.17, 15) is 17.6 Å². The van der Waals surface area contributed by atoms with E-state index in [1.165, 1.54) is 19.1 Å². The molecule has 0 aromatic heterocycles. The van der Waals surface area contributed by atoms with E-state index in [0.717, 1.165) is 17.3 Å². The zero-order valence-corrected chi connectivity index (χ0v) is 15.9. The van der Waals surface area contributed by atoms with Gasteiger partial charge in [0.15, 0.2) is 0 Å². The van der Waals surface area contributed by atoms with Crippen molar-refractivity contribution in [2.24, 2.45) is 0 Å². The van der Waals surface area contributed by atoms with Gasteiger partial charge in [-0.1, -0.05) is 17.7 Å². The number of ether oxygens (including phenoxy) is 1. The summed E-state index contributed by atoms with van der Waals surface area (Å²) < 4.78 is 46.1. The lowest BCUT2D eigenvalue weighted by Gasteiger charge is -2.33. The molecule has 6 nitrogen and oxygen atoms in total. The van der Waals surface area contributed by atoms with Crippen LogP contribution in [0.5, 0.6) is 0 Å². The monoisotopic (exact) mass is 392 g/mol. The first-order valence-corrected chi connectivity index (χ1v) is 9.99. The molecule has 0 spiro atoms. The van der Waals surface area contributed by atoms with E-state index in [0.29, 0.717) is 0 Å². The van der Waals surface area contributed by atoms with Gasteiger partial charge in [-0.05, 0) is 49.7 Å². The molecule has 1 fully saturated rings. The summed E-state index contributed by atoms with van der Waals surface area (Å²) in [5.41, 5.74) is 2.08. The van der Waals surface area contributed by atoms with Crippen molar-refractivity contribution in [1.82, 2.24) is 4.72 Å². The molecule has 8 heteroatoms. The van der Waals surface area contributed by atoms with Crippen molar-refractivity contribution in [1.29, 1.82) is 0 Å². The molecule has 0 radical (unpaired) electrons. The standard InChI is InChI=1S/C19H21FN2O4S/c1-13-3-5-15(6-4-13)22-11-16(26-12-19(22)23)10-21-27(24,25)17-7-8-18(20)14(2)9-17/h3-9,16,21H,10-12H2,1-2H3. The average molecular weight is 392 g/mol. The van der Waals surface area contributed by atoms with E-state index in [1.54, 1.807) is 4.90 Å². The van der Waals surface area contributed by atoms with Gasteiger partial charge in [0.05, 0.1) is 17.5 Å². The number of rotatable bonds is 5. The molecule has 2 aromatic carbocycles. The van der Waals surface area contributed by atoms with Gasteiger partial charge in [-0.25, -0.2) is 17.5 Å². The molecule has 1 aliphatic heterocycles. The van der Waals surface area contributed by atoms with Crippen LogP contribution in [0.2, 0.25) is 0 Å². The van der Waals surface area contributed by atoms with Crippen molar-refractivity contribution in [3.8, 4) is 0 Å². The largest absolute Gasteiger partial charge is 0.365 e. The minimum absolute atomic E-state index is 0.00833. The molecule has 144 valence electrons. The highest BCUT2D eigenvalue weighted by Crippen LogP contribution is 2.20. The maximum atomic E-state index is 13.4. The summed E-state index contributed by atoms with van der Waals surface area (Å²) in [5.74, 6) is -0.635. The van der Waals surface area contributed by atoms with Gasteiger partial charge in [-0.15, -0.1) is 0 Å². The molecule has 1 N–H and O–H groups in total. The normalized spacial score (nSPS) is 18.0. The zero-order valence-electron chi connectivity index (χ0n) is 15.1. The number of sulfonamides is 1. The third-order valence-electron chi connectivity index (χ3n) is 4.42. The Morgan fingerprint density at radius 3 is 2.56 bits per heavy atom. The number of hydrogen-bond acceptors (Lipinski definition) is 4. The van der Waals surface area contributed by atoms with E-state index in [1.807, 2.05) is 31.2 Å². The van der Waals surface area contributed by atoms with Gasteiger partial charge < -0.3 is 9.64 Å². The molecule has 2 aromatic rings. The number of halogens is 1. The summed E-state index contributed by atoms with van der Waals surface area (Å²) in [4.78, 5) is 13.7. The van der Waals surface area contributed by atoms with Crippen molar-refractivity contribution < 1.29 is 22.3 Å². The third kappa shape index (κ3) is 4.52. The molecule has 1 atom stereocenters. The van der Waals surface area contributed by atoms with E-state index in [-0.39, 0.29) is 36.1 Å². The summed E-state index contributed by atoms with van der Waals surface area (Å²) in [6.07, 6.45) is -0.486. The van der Waals surface area contributed by atoms with Gasteiger partial charge in [0, 0.05) is 12.2 Å². The van der Waals surface area contributed by atoms with Crippen LogP contribution in [0.25, 0.3) is 0 Å². The molecule has 27 heavy (non-hydrogen) atoms. The van der Waals surface area contributed by atoms with Gasteiger partial charge in [-0.3, -0.25) is 4.79 Å². The summed E-state index contributed by atoms with van der Waals surface area (Å²) in [7, 11) is -3.80. The van der Waals surface area contributed by atoms with Crippen LogP contribution in [0, 0.1) is 19.7 Å². The second kappa shape index (κ2) is 7.75. The number of benzene rings is 2. The molecule has 0 aliphatic carbocycles. The van der Waals surface area contributed by atoms with Crippen LogP contribution < -0.4 is 9.62 Å². The third-order valence-corrected chi connectivity index (χ3v) is 5.84. The predicted octanol–water partition coefficient (Wildman–Crippen LogP) is 2.15. The summed E-state index contributed by atoms with van der Waals surface area (Å²) in [6.45, 7) is 3.60. The molecule has 1 amide bonds. The highest BCUT2D eigenvalue weighted by atomic mass is 32.2. The molecule has 1 aliphatic rings. The van der Waals surface area contributed by atoms with Gasteiger partial charge in [0.1, 0.15) is 12.4 Å². The van der Waals surface area contributed by atoms with Gasteiger partial charge in [-0.2, -0.15) is 0 Å². The first kappa shape index (κ1) is 19.5. The van der Waals surface area contributed by atoms with Gasteiger partial charge >= 0.3 is 0 Å². The van der Waals surface area contributed by atoms with E-state index in [4.69, 9.17) is 4.74 Å². The van der Waals surface area contributed by atoms with Crippen molar-refractivity contribution in [3.63, 3.8) is 0 Å².